The summed E-state index contributed by atoms with van der Waals surface area (Å²) in [6.07, 6.45) is 2.26. The summed E-state index contributed by atoms with van der Waals surface area (Å²) in [7, 11) is 1.52. The zero-order valence-electron chi connectivity index (χ0n) is 23.0. The Balaban J connectivity index is 1.26. The number of para-hydroxylation sites is 2. The van der Waals surface area contributed by atoms with Gasteiger partial charge in [-0.05, 0) is 85.6 Å². The minimum absolute atomic E-state index is 0.275. The van der Waals surface area contributed by atoms with Gasteiger partial charge in [0.05, 0.1) is 18.2 Å². The van der Waals surface area contributed by atoms with E-state index in [4.69, 9.17) is 15.2 Å². The van der Waals surface area contributed by atoms with Crippen LogP contribution in [0, 0.1) is 11.2 Å². The number of carbonyl (C=O) groups is 3. The molecule has 0 unspecified atom stereocenters. The number of anilines is 3. The van der Waals surface area contributed by atoms with Crippen molar-refractivity contribution >= 4 is 45.8 Å². The molecule has 3 amide bonds. The highest BCUT2D eigenvalue weighted by Crippen LogP contribution is 2.49. The molecule has 11 heteroatoms. The molecule has 0 spiro atoms. The van der Waals surface area contributed by atoms with E-state index >= 15 is 0 Å². The molecular formula is C32H26FN5O5. The topological polar surface area (TPSA) is 140 Å². The summed E-state index contributed by atoms with van der Waals surface area (Å²) < 4.78 is 25.1. The third-order valence-corrected chi connectivity index (χ3v) is 7.33. The molecule has 4 N–H and O–H groups in total. The lowest BCUT2D eigenvalue weighted by molar-refractivity contribution is -0.133. The molecule has 0 radical (unpaired) electrons. The number of halogens is 1. The Hall–Kier alpha value is -5.71. The first kappa shape index (κ1) is 27.5. The minimum atomic E-state index is -1.28. The minimum Gasteiger partial charge on any atom is -0.495 e. The van der Waals surface area contributed by atoms with E-state index in [1.807, 2.05) is 0 Å². The summed E-state index contributed by atoms with van der Waals surface area (Å²) in [6.45, 7) is 0. The highest BCUT2D eigenvalue weighted by atomic mass is 19.1. The number of nitrogens with zero attached hydrogens (tertiary/aromatic N) is 2. The molecule has 1 fully saturated rings. The summed E-state index contributed by atoms with van der Waals surface area (Å²) in [5.74, 6) is -0.574. The molecule has 10 nitrogen and oxygen atoms in total. The van der Waals surface area contributed by atoms with Crippen LogP contribution in [0.25, 0.3) is 11.0 Å². The van der Waals surface area contributed by atoms with Gasteiger partial charge in [0.15, 0.2) is 0 Å². The van der Waals surface area contributed by atoms with Crippen molar-refractivity contribution < 1.29 is 28.2 Å². The number of methoxy groups -OCH3 is 1. The fourth-order valence-electron chi connectivity index (χ4n) is 4.82. The average Bonchev–Trinajstić information content (AvgIpc) is 3.72. The maximum atomic E-state index is 13.6. The summed E-state index contributed by atoms with van der Waals surface area (Å²) in [6, 6.07) is 22.5. The highest BCUT2D eigenvalue weighted by molar-refractivity contribution is 6.16. The predicted molar refractivity (Wildman–Crippen MR) is 158 cm³/mol. The van der Waals surface area contributed by atoms with Crippen LogP contribution in [0.15, 0.2) is 91.1 Å². The second-order valence-electron chi connectivity index (χ2n) is 10.1. The van der Waals surface area contributed by atoms with Crippen LogP contribution in [0.3, 0.4) is 0 Å². The Morgan fingerprint density at radius 2 is 1.63 bits per heavy atom. The van der Waals surface area contributed by atoms with Gasteiger partial charge >= 0.3 is 0 Å². The number of ether oxygens (including phenoxy) is 2. The van der Waals surface area contributed by atoms with E-state index in [-0.39, 0.29) is 11.6 Å². The number of carbonyl (C=O) groups excluding carboxylic acids is 3. The third kappa shape index (κ3) is 5.23. The molecule has 1 aliphatic rings. The van der Waals surface area contributed by atoms with Crippen molar-refractivity contribution in [2.75, 3.05) is 17.3 Å². The Labute approximate surface area is 245 Å². The van der Waals surface area contributed by atoms with E-state index in [9.17, 15) is 18.8 Å². The lowest BCUT2D eigenvalue weighted by atomic mass is 10.0. The van der Waals surface area contributed by atoms with Crippen LogP contribution < -0.4 is 25.4 Å². The van der Waals surface area contributed by atoms with Gasteiger partial charge in [0, 0.05) is 17.6 Å². The molecule has 43 heavy (non-hydrogen) atoms. The van der Waals surface area contributed by atoms with E-state index in [1.54, 1.807) is 66.9 Å². The molecule has 0 bridgehead atoms. The second-order valence-corrected chi connectivity index (χ2v) is 10.1. The number of aromatic nitrogens is 2. The molecule has 6 rings (SSSR count). The first-order chi connectivity index (χ1) is 20.8. The van der Waals surface area contributed by atoms with Gasteiger partial charge in [0.2, 0.25) is 11.8 Å². The molecule has 5 aromatic rings. The maximum Gasteiger partial charge on any atom is 0.272 e. The standard InChI is InChI=1S/C32H26FN5O5/c1-42-27-5-3-2-4-24(27)37-29(39)25-18-23-26(14-17-35-28(23)36-25)43-22-12-10-21(11-13-22)38(20-8-6-19(33)7-9-20)31(41)32(15-16-32)30(34)40/h2-14,17-18H,15-16H2,1H3,(H2,34,40)(H,35,36)(H,37,39). The smallest absolute Gasteiger partial charge is 0.272 e. The van der Waals surface area contributed by atoms with Crippen molar-refractivity contribution in [3.63, 3.8) is 0 Å². The van der Waals surface area contributed by atoms with Crippen LogP contribution in [0.2, 0.25) is 0 Å². The number of primary amides is 1. The first-order valence-corrected chi connectivity index (χ1v) is 13.4. The number of rotatable bonds is 9. The van der Waals surface area contributed by atoms with Gasteiger partial charge in [0.1, 0.15) is 39.8 Å². The first-order valence-electron chi connectivity index (χ1n) is 13.4. The Bertz CT molecular complexity index is 1850. The van der Waals surface area contributed by atoms with E-state index in [2.05, 4.69) is 15.3 Å². The van der Waals surface area contributed by atoms with Crippen molar-refractivity contribution in [1.82, 2.24) is 9.97 Å². The number of hydrogen-bond donors (Lipinski definition) is 3. The lowest BCUT2D eigenvalue weighted by Gasteiger charge is -2.26. The van der Waals surface area contributed by atoms with Crippen LogP contribution in [-0.4, -0.2) is 34.8 Å². The Morgan fingerprint density at radius 3 is 2.28 bits per heavy atom. The number of aromatic amines is 1. The molecule has 0 saturated heterocycles. The van der Waals surface area contributed by atoms with E-state index in [0.29, 0.717) is 58.2 Å². The van der Waals surface area contributed by atoms with E-state index < -0.39 is 23.0 Å². The number of nitrogens with two attached hydrogens (primary N) is 1. The monoisotopic (exact) mass is 579 g/mol. The van der Waals surface area contributed by atoms with E-state index in [0.717, 1.165) is 0 Å². The number of pyridine rings is 1. The molecule has 2 heterocycles. The summed E-state index contributed by atoms with van der Waals surface area (Å²) >= 11 is 0. The molecule has 3 aromatic carbocycles. The molecule has 216 valence electrons. The van der Waals surface area contributed by atoms with Gasteiger partial charge in [-0.15, -0.1) is 0 Å². The normalized spacial score (nSPS) is 13.3. The Morgan fingerprint density at radius 1 is 0.953 bits per heavy atom. The van der Waals surface area contributed by atoms with Crippen LogP contribution >= 0.6 is 0 Å². The second kappa shape index (κ2) is 10.9. The van der Waals surface area contributed by atoms with Gasteiger partial charge in [-0.3, -0.25) is 19.3 Å². The predicted octanol–water partition coefficient (Wildman–Crippen LogP) is 5.69. The third-order valence-electron chi connectivity index (χ3n) is 7.33. The molecule has 1 aliphatic carbocycles. The van der Waals surface area contributed by atoms with Crippen LogP contribution in [0.4, 0.5) is 21.5 Å². The Kier molecular flexibility index (Phi) is 6.98. The summed E-state index contributed by atoms with van der Waals surface area (Å²) in [5.41, 5.74) is 6.39. The fourth-order valence-corrected chi connectivity index (χ4v) is 4.82. The van der Waals surface area contributed by atoms with Gasteiger partial charge in [-0.2, -0.15) is 0 Å². The number of fused-ring (bicyclic) bond motifs is 1. The summed E-state index contributed by atoms with van der Waals surface area (Å²) in [4.78, 5) is 47.3. The van der Waals surface area contributed by atoms with Crippen molar-refractivity contribution in [3.8, 4) is 17.2 Å². The quantitative estimate of drug-likeness (QED) is 0.192. The fraction of sp³-hybridized carbons (Fsp3) is 0.125. The molecule has 2 aromatic heterocycles. The van der Waals surface area contributed by atoms with Crippen LogP contribution in [0.1, 0.15) is 23.3 Å². The van der Waals surface area contributed by atoms with Crippen molar-refractivity contribution in [2.24, 2.45) is 11.1 Å². The highest BCUT2D eigenvalue weighted by Gasteiger charge is 2.57. The van der Waals surface area contributed by atoms with Gasteiger partial charge in [-0.25, -0.2) is 9.37 Å². The van der Waals surface area contributed by atoms with Crippen molar-refractivity contribution in [3.05, 3.63) is 103 Å². The number of benzene rings is 3. The maximum absolute atomic E-state index is 13.6. The summed E-state index contributed by atoms with van der Waals surface area (Å²) in [5, 5.41) is 3.41. The average molecular weight is 580 g/mol. The van der Waals surface area contributed by atoms with Gasteiger partial charge in [0.25, 0.3) is 5.91 Å². The number of hydrogen-bond acceptors (Lipinski definition) is 6. The molecule has 1 saturated carbocycles. The zero-order valence-corrected chi connectivity index (χ0v) is 23.0. The molecule has 0 atom stereocenters. The zero-order chi connectivity index (χ0) is 30.1. The van der Waals surface area contributed by atoms with Crippen molar-refractivity contribution in [2.45, 2.75) is 12.8 Å². The number of amides is 3. The van der Waals surface area contributed by atoms with Gasteiger partial charge < -0.3 is 25.5 Å². The van der Waals surface area contributed by atoms with Crippen LogP contribution in [-0.2, 0) is 9.59 Å². The number of nitrogens with one attached hydrogen (secondary N) is 2. The number of H-pyrrole nitrogens is 1. The largest absolute Gasteiger partial charge is 0.495 e. The van der Waals surface area contributed by atoms with Crippen LogP contribution in [0.5, 0.6) is 17.2 Å². The molecular weight excluding hydrogens is 553 g/mol. The SMILES string of the molecule is COc1ccccc1NC(=O)c1cc2c(Oc3ccc(N(C(=O)C4(C(N)=O)CC4)c4ccc(F)cc4)cc3)ccnc2[nH]1. The molecule has 0 aliphatic heterocycles. The lowest BCUT2D eigenvalue weighted by Crippen LogP contribution is -2.41. The van der Waals surface area contributed by atoms with Gasteiger partial charge in [-0.1, -0.05) is 12.1 Å². The van der Waals surface area contributed by atoms with E-state index in [1.165, 1.54) is 36.3 Å². The van der Waals surface area contributed by atoms with Crippen molar-refractivity contribution in [1.29, 1.82) is 0 Å².